The highest BCUT2D eigenvalue weighted by atomic mass is 15.2. The molecule has 1 aliphatic heterocycles. The smallest absolute Gasteiger partial charge is 0.0304 e. The predicted molar refractivity (Wildman–Crippen MR) is 65.0 cm³/mol. The van der Waals surface area contributed by atoms with Gasteiger partial charge in [0, 0.05) is 31.7 Å². The summed E-state index contributed by atoms with van der Waals surface area (Å²) in [6.45, 7) is 12.1. The van der Waals surface area contributed by atoms with E-state index in [9.17, 15) is 0 Å². The van der Waals surface area contributed by atoms with Gasteiger partial charge in [0.05, 0.1) is 0 Å². The molecule has 0 bridgehead atoms. The zero-order valence-electron chi connectivity index (χ0n) is 10.6. The molecule has 1 aliphatic carbocycles. The third-order valence-corrected chi connectivity index (χ3v) is 4.58. The summed E-state index contributed by atoms with van der Waals surface area (Å²) in [6, 6.07) is 0. The van der Waals surface area contributed by atoms with Gasteiger partial charge in [-0.25, -0.2) is 0 Å². The van der Waals surface area contributed by atoms with Crippen LogP contribution in [0.15, 0.2) is 0 Å². The Morgan fingerprint density at radius 1 is 1.33 bits per heavy atom. The zero-order valence-corrected chi connectivity index (χ0v) is 10.6. The predicted octanol–water partition coefficient (Wildman–Crippen LogP) is 2.11. The molecule has 1 heterocycles. The van der Waals surface area contributed by atoms with E-state index in [0.717, 1.165) is 11.8 Å². The first-order valence-corrected chi connectivity index (χ1v) is 6.66. The standard InChI is InChI=1S/C13H26N2/c1-4-13(5-2)10-15(7-6-14-13)9-12-8-11(12)3/h11-12,14H,4-10H2,1-3H3. The summed E-state index contributed by atoms with van der Waals surface area (Å²) < 4.78 is 0. The highest BCUT2D eigenvalue weighted by molar-refractivity contribution is 4.95. The summed E-state index contributed by atoms with van der Waals surface area (Å²) >= 11 is 0. The molecule has 2 nitrogen and oxygen atoms in total. The quantitative estimate of drug-likeness (QED) is 0.764. The van der Waals surface area contributed by atoms with Crippen molar-refractivity contribution in [3.8, 4) is 0 Å². The zero-order chi connectivity index (χ0) is 10.9. The topological polar surface area (TPSA) is 15.3 Å². The maximum Gasteiger partial charge on any atom is 0.0304 e. The third kappa shape index (κ3) is 2.54. The van der Waals surface area contributed by atoms with Gasteiger partial charge in [0.25, 0.3) is 0 Å². The second kappa shape index (κ2) is 4.42. The van der Waals surface area contributed by atoms with Crippen molar-refractivity contribution >= 4 is 0 Å². The Kier molecular flexibility index (Phi) is 3.36. The molecule has 0 aromatic heterocycles. The van der Waals surface area contributed by atoms with Crippen LogP contribution in [0.25, 0.3) is 0 Å². The third-order valence-electron chi connectivity index (χ3n) is 4.58. The maximum absolute atomic E-state index is 3.73. The SMILES string of the molecule is CCC1(CC)CN(CC2CC2C)CCN1. The largest absolute Gasteiger partial charge is 0.309 e. The van der Waals surface area contributed by atoms with Crippen LogP contribution in [0, 0.1) is 11.8 Å². The molecule has 1 saturated carbocycles. The van der Waals surface area contributed by atoms with E-state index < -0.39 is 0 Å². The lowest BCUT2D eigenvalue weighted by atomic mass is 9.90. The molecule has 0 radical (unpaired) electrons. The van der Waals surface area contributed by atoms with E-state index in [0.29, 0.717) is 5.54 Å². The van der Waals surface area contributed by atoms with Gasteiger partial charge in [-0.2, -0.15) is 0 Å². The molecular formula is C13H26N2. The molecule has 0 spiro atoms. The van der Waals surface area contributed by atoms with Crippen molar-refractivity contribution in [3.05, 3.63) is 0 Å². The molecule has 0 aromatic rings. The van der Waals surface area contributed by atoms with E-state index in [1.54, 1.807) is 0 Å². The van der Waals surface area contributed by atoms with Gasteiger partial charge in [0.2, 0.25) is 0 Å². The van der Waals surface area contributed by atoms with E-state index in [2.05, 4.69) is 31.0 Å². The van der Waals surface area contributed by atoms with Crippen LogP contribution in [0.3, 0.4) is 0 Å². The Morgan fingerprint density at radius 3 is 2.53 bits per heavy atom. The second-order valence-electron chi connectivity index (χ2n) is 5.62. The van der Waals surface area contributed by atoms with E-state index in [1.165, 1.54) is 45.4 Å². The van der Waals surface area contributed by atoms with Crippen LogP contribution in [0.4, 0.5) is 0 Å². The van der Waals surface area contributed by atoms with Crippen molar-refractivity contribution < 1.29 is 0 Å². The number of nitrogens with zero attached hydrogens (tertiary/aromatic N) is 1. The monoisotopic (exact) mass is 210 g/mol. The van der Waals surface area contributed by atoms with Crippen molar-refractivity contribution in [2.45, 2.75) is 45.6 Å². The van der Waals surface area contributed by atoms with Crippen molar-refractivity contribution in [1.29, 1.82) is 0 Å². The van der Waals surface area contributed by atoms with Crippen molar-refractivity contribution in [2.75, 3.05) is 26.2 Å². The first-order valence-electron chi connectivity index (χ1n) is 6.66. The van der Waals surface area contributed by atoms with Crippen LogP contribution in [-0.2, 0) is 0 Å². The second-order valence-corrected chi connectivity index (χ2v) is 5.62. The Balaban J connectivity index is 1.85. The molecule has 1 N–H and O–H groups in total. The Bertz CT molecular complexity index is 211. The van der Waals surface area contributed by atoms with Gasteiger partial charge in [0.1, 0.15) is 0 Å². The van der Waals surface area contributed by atoms with Gasteiger partial charge in [0.15, 0.2) is 0 Å². The molecule has 2 unspecified atom stereocenters. The van der Waals surface area contributed by atoms with Crippen LogP contribution in [0.1, 0.15) is 40.0 Å². The first kappa shape index (κ1) is 11.4. The van der Waals surface area contributed by atoms with Crippen molar-refractivity contribution in [2.24, 2.45) is 11.8 Å². The van der Waals surface area contributed by atoms with Crippen LogP contribution >= 0.6 is 0 Å². The van der Waals surface area contributed by atoms with Gasteiger partial charge in [-0.3, -0.25) is 4.90 Å². The fourth-order valence-corrected chi connectivity index (χ4v) is 2.91. The van der Waals surface area contributed by atoms with Crippen LogP contribution in [-0.4, -0.2) is 36.6 Å². The first-order chi connectivity index (χ1) is 7.19. The minimum Gasteiger partial charge on any atom is -0.309 e. The maximum atomic E-state index is 3.73. The number of piperazine rings is 1. The summed E-state index contributed by atoms with van der Waals surface area (Å²) in [5.41, 5.74) is 0.413. The number of nitrogens with one attached hydrogen (secondary N) is 1. The fraction of sp³-hybridized carbons (Fsp3) is 1.00. The molecule has 2 aliphatic rings. The van der Waals surface area contributed by atoms with Crippen LogP contribution < -0.4 is 5.32 Å². The number of hydrogen-bond acceptors (Lipinski definition) is 2. The number of rotatable bonds is 4. The lowest BCUT2D eigenvalue weighted by Crippen LogP contribution is -2.60. The average molecular weight is 210 g/mol. The lowest BCUT2D eigenvalue weighted by molar-refractivity contribution is 0.118. The van der Waals surface area contributed by atoms with Gasteiger partial charge in [-0.15, -0.1) is 0 Å². The van der Waals surface area contributed by atoms with E-state index in [-0.39, 0.29) is 0 Å². The summed E-state index contributed by atoms with van der Waals surface area (Å²) in [6.07, 6.45) is 4.00. The van der Waals surface area contributed by atoms with Gasteiger partial charge >= 0.3 is 0 Å². The normalized spacial score (nSPS) is 35.4. The van der Waals surface area contributed by atoms with E-state index in [4.69, 9.17) is 0 Å². The Hall–Kier alpha value is -0.0800. The molecule has 0 amide bonds. The minimum atomic E-state index is 0.413. The van der Waals surface area contributed by atoms with Gasteiger partial charge in [-0.1, -0.05) is 20.8 Å². The van der Waals surface area contributed by atoms with Crippen LogP contribution in [0.2, 0.25) is 0 Å². The summed E-state index contributed by atoms with van der Waals surface area (Å²) in [5, 5.41) is 3.73. The molecule has 2 fully saturated rings. The van der Waals surface area contributed by atoms with Crippen LogP contribution in [0.5, 0.6) is 0 Å². The Labute approximate surface area is 94.4 Å². The fourth-order valence-electron chi connectivity index (χ4n) is 2.91. The summed E-state index contributed by atoms with van der Waals surface area (Å²) in [7, 11) is 0. The van der Waals surface area contributed by atoms with E-state index >= 15 is 0 Å². The van der Waals surface area contributed by atoms with Gasteiger partial charge < -0.3 is 5.32 Å². The Morgan fingerprint density at radius 2 is 2.00 bits per heavy atom. The summed E-state index contributed by atoms with van der Waals surface area (Å²) in [5.74, 6) is 2.01. The molecule has 88 valence electrons. The average Bonchev–Trinajstić information content (AvgIpc) is 2.94. The minimum absolute atomic E-state index is 0.413. The molecule has 2 atom stereocenters. The van der Waals surface area contributed by atoms with Crippen molar-refractivity contribution in [1.82, 2.24) is 10.2 Å². The van der Waals surface area contributed by atoms with Gasteiger partial charge in [-0.05, 0) is 31.1 Å². The van der Waals surface area contributed by atoms with E-state index in [1.807, 2.05) is 0 Å². The molecule has 0 aromatic carbocycles. The molecule has 2 heteroatoms. The lowest BCUT2D eigenvalue weighted by Gasteiger charge is -2.43. The number of hydrogen-bond donors (Lipinski definition) is 1. The molecule has 1 saturated heterocycles. The molecular weight excluding hydrogens is 184 g/mol. The molecule has 2 rings (SSSR count). The highest BCUT2D eigenvalue weighted by Crippen LogP contribution is 2.38. The van der Waals surface area contributed by atoms with Crippen molar-refractivity contribution in [3.63, 3.8) is 0 Å². The highest BCUT2D eigenvalue weighted by Gasteiger charge is 2.37. The molecule has 15 heavy (non-hydrogen) atoms. The summed E-state index contributed by atoms with van der Waals surface area (Å²) in [4.78, 5) is 2.69.